The monoisotopic (exact) mass is 793 g/mol. The van der Waals surface area contributed by atoms with E-state index >= 15 is 0 Å². The first-order chi connectivity index (χ1) is 27.6. The summed E-state index contributed by atoms with van der Waals surface area (Å²) in [5, 5.41) is 23.4. The smallest absolute Gasteiger partial charge is 0.262 e. The van der Waals surface area contributed by atoms with E-state index in [4.69, 9.17) is 21.6 Å². The van der Waals surface area contributed by atoms with Crippen molar-refractivity contribution >= 4 is 58.5 Å². The van der Waals surface area contributed by atoms with E-state index in [2.05, 4.69) is 35.5 Å². The minimum absolute atomic E-state index is 0.0133. The summed E-state index contributed by atoms with van der Waals surface area (Å²) in [6.45, 7) is 6.11. The van der Waals surface area contributed by atoms with Crippen LogP contribution in [0.5, 0.6) is 5.75 Å². The van der Waals surface area contributed by atoms with Crippen LogP contribution in [0.25, 0.3) is 0 Å². The van der Waals surface area contributed by atoms with E-state index in [0.717, 1.165) is 87.9 Å². The fourth-order valence-electron chi connectivity index (χ4n) is 8.64. The molecule has 3 saturated heterocycles. The molecule has 0 bridgehead atoms. The number of hydrogen-bond acceptors (Lipinski definition) is 12. The van der Waals surface area contributed by atoms with Gasteiger partial charge in [-0.05, 0) is 93.3 Å². The first kappa shape index (κ1) is 38.3. The van der Waals surface area contributed by atoms with Crippen molar-refractivity contribution in [2.24, 2.45) is 11.8 Å². The zero-order valence-corrected chi connectivity index (χ0v) is 32.2. The first-order valence-electron chi connectivity index (χ1n) is 19.7. The highest BCUT2D eigenvalue weighted by atomic mass is 35.5. The Kier molecular flexibility index (Phi) is 11.1. The number of ether oxygens (including phenoxy) is 1. The van der Waals surface area contributed by atoms with Crippen LogP contribution in [-0.4, -0.2) is 107 Å². The van der Waals surface area contributed by atoms with Gasteiger partial charge in [0, 0.05) is 69.9 Å². The van der Waals surface area contributed by atoms with Crippen molar-refractivity contribution in [3.8, 4) is 11.8 Å². The minimum Gasteiger partial charge on any atom is -0.490 e. The van der Waals surface area contributed by atoms with Crippen LogP contribution in [0.1, 0.15) is 77.6 Å². The number of nitrogens with one attached hydrogen (secondary N) is 2. The zero-order valence-electron chi connectivity index (χ0n) is 31.5. The van der Waals surface area contributed by atoms with Gasteiger partial charge < -0.3 is 19.9 Å². The molecular weight excluding hydrogens is 750 g/mol. The fourth-order valence-corrected chi connectivity index (χ4v) is 8.85. The normalized spacial score (nSPS) is 23.2. The largest absolute Gasteiger partial charge is 0.490 e. The lowest BCUT2D eigenvalue weighted by atomic mass is 9.86. The number of piperidine rings is 2. The average molecular weight is 794 g/mol. The van der Waals surface area contributed by atoms with Gasteiger partial charge in [-0.3, -0.25) is 39.1 Å². The molecule has 4 fully saturated rings. The third-order valence-corrected chi connectivity index (χ3v) is 12.2. The third kappa shape index (κ3) is 8.29. The van der Waals surface area contributed by atoms with Gasteiger partial charge in [-0.2, -0.15) is 5.26 Å². The number of nitrogens with zero attached hydrogens (tertiary/aromatic N) is 7. The number of carbonyl (C=O) groups is 5. The summed E-state index contributed by atoms with van der Waals surface area (Å²) in [6, 6.07) is 15.2. The second-order valence-electron chi connectivity index (χ2n) is 15.5. The Hall–Kier alpha value is -5.59. The molecule has 0 spiro atoms. The van der Waals surface area contributed by atoms with Gasteiger partial charge in [-0.25, -0.2) is 0 Å². The van der Waals surface area contributed by atoms with Crippen LogP contribution in [-0.2, 0) is 14.4 Å². The number of imide groups is 2. The van der Waals surface area contributed by atoms with Crippen LogP contribution in [0.15, 0.2) is 48.5 Å². The molecule has 5 amide bonds. The van der Waals surface area contributed by atoms with Crippen molar-refractivity contribution < 1.29 is 28.7 Å². The van der Waals surface area contributed by atoms with Crippen LogP contribution in [0.3, 0.4) is 0 Å². The quantitative estimate of drug-likeness (QED) is 0.298. The molecule has 1 atom stereocenters. The maximum atomic E-state index is 13.3. The van der Waals surface area contributed by atoms with E-state index in [1.807, 2.05) is 24.3 Å². The lowest BCUT2D eigenvalue weighted by molar-refractivity contribution is -0.136. The number of rotatable bonds is 9. The Balaban J connectivity index is 0.751. The molecular formula is C41H44ClN9O6. The number of hydrogen-bond donors (Lipinski definition) is 2. The number of nitriles is 1. The van der Waals surface area contributed by atoms with E-state index in [1.54, 1.807) is 30.3 Å². The highest BCUT2D eigenvalue weighted by Crippen LogP contribution is 2.33. The summed E-state index contributed by atoms with van der Waals surface area (Å²) in [7, 11) is 0. The maximum absolute atomic E-state index is 13.3. The molecule has 4 aliphatic heterocycles. The highest BCUT2D eigenvalue weighted by molar-refractivity contribution is 6.31. The summed E-state index contributed by atoms with van der Waals surface area (Å²) in [4.78, 5) is 71.4. The van der Waals surface area contributed by atoms with Gasteiger partial charge in [0.05, 0.1) is 27.8 Å². The Labute approximate surface area is 335 Å². The molecule has 1 saturated carbocycles. The molecule has 15 nitrogen and oxygen atoms in total. The first-order valence-corrected chi connectivity index (χ1v) is 20.1. The Bertz CT molecular complexity index is 2100. The van der Waals surface area contributed by atoms with Crippen molar-refractivity contribution in [3.63, 3.8) is 0 Å². The second kappa shape index (κ2) is 16.5. The van der Waals surface area contributed by atoms with Crippen LogP contribution >= 0.6 is 11.6 Å². The summed E-state index contributed by atoms with van der Waals surface area (Å²) in [5.41, 5.74) is 1.87. The molecule has 5 aliphatic rings. The standard InChI is InChI=1S/C41H44ClN9O6/c42-33-22-30(7-3-27(33)23-43)57-29-5-1-26(2-6-29)38(53)44-35-10-11-36(47-46-35)50-15-13-25(14-16-50)24-48-17-19-49(20-18-48)28-4-8-31-32(21-28)41(56)51(40(31)55)34-9-12-37(52)45-39(34)54/h3-4,7-8,10-11,21-22,25-26,29,34H,1-2,5-6,9,12-20,24H2,(H,44,46,53)(H,45,52,54)/t26-,29-,34?. The molecule has 0 radical (unpaired) electrons. The Morgan fingerprint density at radius 1 is 0.842 bits per heavy atom. The predicted molar refractivity (Wildman–Crippen MR) is 210 cm³/mol. The van der Waals surface area contributed by atoms with Gasteiger partial charge in [0.25, 0.3) is 11.8 Å². The molecule has 16 heteroatoms. The fraction of sp³-hybridized carbons (Fsp3) is 0.463. The summed E-state index contributed by atoms with van der Waals surface area (Å²) in [5.74, 6) is 0.247. The number of benzene rings is 2. The lowest BCUT2D eigenvalue weighted by Gasteiger charge is -2.39. The molecule has 1 aromatic heterocycles. The summed E-state index contributed by atoms with van der Waals surface area (Å²) in [6.07, 6.45) is 5.16. The molecule has 2 aromatic carbocycles. The number of piperazine rings is 1. The molecule has 57 heavy (non-hydrogen) atoms. The average Bonchev–Trinajstić information content (AvgIpc) is 3.47. The van der Waals surface area contributed by atoms with E-state index in [-0.39, 0.29) is 36.3 Å². The Morgan fingerprint density at radius 2 is 1.60 bits per heavy atom. The Morgan fingerprint density at radius 3 is 2.28 bits per heavy atom. The topological polar surface area (TPSA) is 181 Å². The van der Waals surface area contributed by atoms with Gasteiger partial charge >= 0.3 is 0 Å². The second-order valence-corrected chi connectivity index (χ2v) is 15.9. The predicted octanol–water partition coefficient (Wildman–Crippen LogP) is 4.02. The molecule has 296 valence electrons. The number of aromatic nitrogens is 2. The zero-order chi connectivity index (χ0) is 39.6. The van der Waals surface area contributed by atoms with Gasteiger partial charge in [0.1, 0.15) is 17.9 Å². The molecule has 1 aliphatic carbocycles. The number of amides is 5. The third-order valence-electron chi connectivity index (χ3n) is 11.9. The number of carbonyl (C=O) groups excluding carboxylic acids is 5. The van der Waals surface area contributed by atoms with Gasteiger partial charge in [-0.1, -0.05) is 11.6 Å². The molecule has 1 unspecified atom stereocenters. The molecule has 8 rings (SSSR count). The SMILES string of the molecule is N#Cc1ccc(O[C@H]2CC[C@H](C(=O)Nc3ccc(N4CCC(CN5CCN(c6ccc7c(c6)C(=O)N(C6CCC(=O)NC6=O)C7=O)CC5)CC4)nn3)CC2)cc1Cl. The minimum atomic E-state index is -0.976. The summed E-state index contributed by atoms with van der Waals surface area (Å²) < 4.78 is 6.06. The number of fused-ring (bicyclic) bond motifs is 1. The van der Waals surface area contributed by atoms with Crippen LogP contribution < -0.4 is 25.2 Å². The highest BCUT2D eigenvalue weighted by Gasteiger charge is 2.45. The molecule has 2 N–H and O–H groups in total. The van der Waals surface area contributed by atoms with E-state index < -0.39 is 29.7 Å². The molecule has 5 heterocycles. The lowest BCUT2D eigenvalue weighted by Crippen LogP contribution is -2.54. The van der Waals surface area contributed by atoms with Crippen molar-refractivity contribution in [2.45, 2.75) is 63.5 Å². The van der Waals surface area contributed by atoms with Crippen molar-refractivity contribution in [2.75, 3.05) is 60.9 Å². The van der Waals surface area contributed by atoms with Crippen LogP contribution in [0, 0.1) is 23.2 Å². The van der Waals surface area contributed by atoms with Crippen LogP contribution in [0.4, 0.5) is 17.3 Å². The summed E-state index contributed by atoms with van der Waals surface area (Å²) >= 11 is 6.14. The van der Waals surface area contributed by atoms with Crippen molar-refractivity contribution in [1.82, 2.24) is 25.3 Å². The van der Waals surface area contributed by atoms with E-state index in [9.17, 15) is 24.0 Å². The van der Waals surface area contributed by atoms with Gasteiger partial charge in [0.15, 0.2) is 11.6 Å². The van der Waals surface area contributed by atoms with Crippen molar-refractivity contribution in [1.29, 1.82) is 5.26 Å². The maximum Gasteiger partial charge on any atom is 0.262 e. The number of halogens is 1. The van der Waals surface area contributed by atoms with E-state index in [0.29, 0.717) is 46.5 Å². The molecule has 3 aromatic rings. The number of anilines is 3. The van der Waals surface area contributed by atoms with Gasteiger partial charge in [-0.15, -0.1) is 10.2 Å². The van der Waals surface area contributed by atoms with Gasteiger partial charge in [0.2, 0.25) is 17.7 Å². The van der Waals surface area contributed by atoms with Crippen molar-refractivity contribution in [3.05, 3.63) is 70.2 Å². The van der Waals surface area contributed by atoms with E-state index in [1.165, 1.54) is 0 Å². The van der Waals surface area contributed by atoms with Crippen LogP contribution in [0.2, 0.25) is 5.02 Å².